The van der Waals surface area contributed by atoms with Crippen LogP contribution in [0, 0.1) is 12.3 Å². The number of ether oxygens (including phenoxy) is 1. The van der Waals surface area contributed by atoms with Gasteiger partial charge in [0.15, 0.2) is 0 Å². The quantitative estimate of drug-likeness (QED) is 0.594. The Morgan fingerprint density at radius 3 is 2.83 bits per heavy atom. The molecule has 0 aliphatic rings. The number of unbranched alkanes of at least 4 members (excludes halogenated alkanes) is 1. The van der Waals surface area contributed by atoms with E-state index in [0.29, 0.717) is 6.42 Å². The summed E-state index contributed by atoms with van der Waals surface area (Å²) in [6, 6.07) is 6.83. The number of halogens is 2. The molecule has 0 amide bonds. The van der Waals surface area contributed by atoms with Crippen molar-refractivity contribution in [3.8, 4) is 18.1 Å². The average molecular weight is 253 g/mol. The minimum Gasteiger partial charge on any atom is -0.435 e. The van der Waals surface area contributed by atoms with Gasteiger partial charge < -0.3 is 10.1 Å². The van der Waals surface area contributed by atoms with Crippen molar-refractivity contribution in [1.82, 2.24) is 5.32 Å². The number of hydrogen-bond acceptors (Lipinski definition) is 2. The molecule has 1 atom stereocenters. The molecule has 0 aliphatic heterocycles. The summed E-state index contributed by atoms with van der Waals surface area (Å²) < 4.78 is 28.6. The molecule has 0 saturated heterocycles. The lowest BCUT2D eigenvalue weighted by molar-refractivity contribution is -0.0499. The molecule has 4 heteroatoms. The van der Waals surface area contributed by atoms with Gasteiger partial charge in [-0.05, 0) is 37.6 Å². The number of benzene rings is 1. The third kappa shape index (κ3) is 4.72. The second-order valence-electron chi connectivity index (χ2n) is 3.89. The van der Waals surface area contributed by atoms with E-state index in [1.807, 2.05) is 13.1 Å². The number of nitrogens with one attached hydrogen (secondary N) is 1. The van der Waals surface area contributed by atoms with Crippen LogP contribution in [0.5, 0.6) is 5.75 Å². The molecule has 1 N–H and O–H groups in total. The molecule has 0 aliphatic carbocycles. The van der Waals surface area contributed by atoms with Gasteiger partial charge in [-0.3, -0.25) is 0 Å². The highest BCUT2D eigenvalue weighted by Crippen LogP contribution is 2.23. The van der Waals surface area contributed by atoms with Crippen molar-refractivity contribution in [2.75, 3.05) is 7.05 Å². The molecule has 1 aromatic carbocycles. The van der Waals surface area contributed by atoms with Crippen molar-refractivity contribution < 1.29 is 13.5 Å². The summed E-state index contributed by atoms with van der Waals surface area (Å²) in [4.78, 5) is 0. The number of terminal acetylenes is 1. The second-order valence-corrected chi connectivity index (χ2v) is 3.89. The molecule has 0 fully saturated rings. The Morgan fingerprint density at radius 2 is 2.22 bits per heavy atom. The molecule has 1 aromatic rings. The first-order valence-electron chi connectivity index (χ1n) is 5.83. The first-order valence-corrected chi connectivity index (χ1v) is 5.83. The van der Waals surface area contributed by atoms with E-state index in [-0.39, 0.29) is 11.8 Å². The predicted molar refractivity (Wildman–Crippen MR) is 67.6 cm³/mol. The maximum atomic E-state index is 12.1. The van der Waals surface area contributed by atoms with Gasteiger partial charge in [0.05, 0.1) is 0 Å². The van der Waals surface area contributed by atoms with Crippen LogP contribution in [0.1, 0.15) is 30.9 Å². The molecule has 2 nitrogen and oxygen atoms in total. The van der Waals surface area contributed by atoms with Crippen LogP contribution in [-0.4, -0.2) is 13.7 Å². The Bertz CT molecular complexity index is 401. The summed E-state index contributed by atoms with van der Waals surface area (Å²) in [5.74, 6) is 2.76. The van der Waals surface area contributed by atoms with E-state index in [1.165, 1.54) is 6.07 Å². The van der Waals surface area contributed by atoms with Gasteiger partial charge in [-0.25, -0.2) is 0 Å². The summed E-state index contributed by atoms with van der Waals surface area (Å²) in [5, 5.41) is 3.15. The van der Waals surface area contributed by atoms with Crippen LogP contribution >= 0.6 is 0 Å². The van der Waals surface area contributed by atoms with Gasteiger partial charge in [-0.15, -0.1) is 12.3 Å². The largest absolute Gasteiger partial charge is 0.435 e. The maximum Gasteiger partial charge on any atom is 0.387 e. The number of alkyl halides is 2. The minimum absolute atomic E-state index is 0.0968. The molecule has 0 radical (unpaired) electrons. The van der Waals surface area contributed by atoms with E-state index in [9.17, 15) is 8.78 Å². The summed E-state index contributed by atoms with van der Waals surface area (Å²) in [5.41, 5.74) is 0.924. The zero-order chi connectivity index (χ0) is 13.4. The maximum absolute atomic E-state index is 12.1. The van der Waals surface area contributed by atoms with Crippen molar-refractivity contribution in [3.05, 3.63) is 29.8 Å². The predicted octanol–water partition coefficient (Wildman–Crippen LogP) is 3.35. The van der Waals surface area contributed by atoms with E-state index in [1.54, 1.807) is 12.1 Å². The molecule has 1 unspecified atom stereocenters. The van der Waals surface area contributed by atoms with E-state index in [4.69, 9.17) is 6.42 Å². The fourth-order valence-corrected chi connectivity index (χ4v) is 1.79. The highest BCUT2D eigenvalue weighted by molar-refractivity contribution is 5.30. The molecular weight excluding hydrogens is 236 g/mol. The van der Waals surface area contributed by atoms with E-state index in [0.717, 1.165) is 18.4 Å². The van der Waals surface area contributed by atoms with Crippen LogP contribution in [0.4, 0.5) is 8.78 Å². The minimum atomic E-state index is -2.80. The van der Waals surface area contributed by atoms with Crippen LogP contribution in [0.2, 0.25) is 0 Å². The normalized spacial score (nSPS) is 12.2. The van der Waals surface area contributed by atoms with Gasteiger partial charge in [-0.2, -0.15) is 8.78 Å². The standard InChI is InChI=1S/C14H17F2NO/c1-3-4-5-9-13(17-2)11-7-6-8-12(10-11)18-14(15)16/h1,6-8,10,13-14,17H,4-5,9H2,2H3. The lowest BCUT2D eigenvalue weighted by Crippen LogP contribution is -2.16. The second kappa shape index (κ2) is 7.67. The van der Waals surface area contributed by atoms with Crippen molar-refractivity contribution in [2.24, 2.45) is 0 Å². The highest BCUT2D eigenvalue weighted by Gasteiger charge is 2.11. The molecule has 0 bridgehead atoms. The molecule has 0 spiro atoms. The number of rotatable bonds is 7. The average Bonchev–Trinajstić information content (AvgIpc) is 2.34. The fraction of sp³-hybridized carbons (Fsp3) is 0.429. The Hall–Kier alpha value is -1.60. The molecule has 0 aromatic heterocycles. The van der Waals surface area contributed by atoms with Crippen LogP contribution in [0.3, 0.4) is 0 Å². The van der Waals surface area contributed by atoms with Crippen molar-refractivity contribution in [1.29, 1.82) is 0 Å². The van der Waals surface area contributed by atoms with Crippen LogP contribution in [0.25, 0.3) is 0 Å². The third-order valence-corrected chi connectivity index (χ3v) is 2.65. The van der Waals surface area contributed by atoms with Gasteiger partial charge >= 0.3 is 6.61 Å². The molecule has 1 rings (SSSR count). The molecule has 0 heterocycles. The first kappa shape index (κ1) is 14.5. The van der Waals surface area contributed by atoms with Crippen LogP contribution < -0.4 is 10.1 Å². The van der Waals surface area contributed by atoms with E-state index in [2.05, 4.69) is 16.0 Å². The zero-order valence-electron chi connectivity index (χ0n) is 10.3. The van der Waals surface area contributed by atoms with Crippen molar-refractivity contribution in [2.45, 2.75) is 31.9 Å². The lowest BCUT2D eigenvalue weighted by Gasteiger charge is -2.17. The van der Waals surface area contributed by atoms with Gasteiger partial charge in [-0.1, -0.05) is 12.1 Å². The zero-order valence-corrected chi connectivity index (χ0v) is 10.3. The third-order valence-electron chi connectivity index (χ3n) is 2.65. The van der Waals surface area contributed by atoms with Crippen molar-refractivity contribution in [3.63, 3.8) is 0 Å². The Morgan fingerprint density at radius 1 is 1.44 bits per heavy atom. The Balaban J connectivity index is 2.70. The molecule has 18 heavy (non-hydrogen) atoms. The monoisotopic (exact) mass is 253 g/mol. The SMILES string of the molecule is C#CCCCC(NC)c1cccc(OC(F)F)c1. The summed E-state index contributed by atoms with van der Waals surface area (Å²) >= 11 is 0. The highest BCUT2D eigenvalue weighted by atomic mass is 19.3. The van der Waals surface area contributed by atoms with E-state index < -0.39 is 6.61 Å². The van der Waals surface area contributed by atoms with E-state index >= 15 is 0 Å². The number of hydrogen-bond donors (Lipinski definition) is 1. The smallest absolute Gasteiger partial charge is 0.387 e. The Kier molecular flexibility index (Phi) is 6.16. The lowest BCUT2D eigenvalue weighted by atomic mass is 10.0. The van der Waals surface area contributed by atoms with Gasteiger partial charge in [0.1, 0.15) is 5.75 Å². The molecule has 0 saturated carbocycles. The van der Waals surface area contributed by atoms with Crippen molar-refractivity contribution >= 4 is 0 Å². The molecule has 98 valence electrons. The van der Waals surface area contributed by atoms with Gasteiger partial charge in [0.2, 0.25) is 0 Å². The van der Waals surface area contributed by atoms with Crippen LogP contribution in [0.15, 0.2) is 24.3 Å². The summed E-state index contributed by atoms with van der Waals surface area (Å²) in [6.07, 6.45) is 7.66. The first-order chi connectivity index (χ1) is 8.67. The Labute approximate surface area is 106 Å². The summed E-state index contributed by atoms with van der Waals surface area (Å²) in [7, 11) is 1.83. The van der Waals surface area contributed by atoms with Gasteiger partial charge in [0.25, 0.3) is 0 Å². The van der Waals surface area contributed by atoms with Gasteiger partial charge in [0, 0.05) is 12.5 Å². The molecular formula is C14H17F2NO. The van der Waals surface area contributed by atoms with Crippen LogP contribution in [-0.2, 0) is 0 Å². The fourth-order valence-electron chi connectivity index (χ4n) is 1.79. The summed E-state index contributed by atoms with van der Waals surface area (Å²) in [6.45, 7) is -2.80. The topological polar surface area (TPSA) is 21.3 Å².